The summed E-state index contributed by atoms with van der Waals surface area (Å²) in [6.07, 6.45) is 3.53. The molecule has 0 saturated carbocycles. The van der Waals surface area contributed by atoms with Gasteiger partial charge in [-0.1, -0.05) is 36.8 Å². The maximum Gasteiger partial charge on any atom is 0.304 e. The normalized spacial score (nSPS) is 18.8. The molecule has 0 bridgehead atoms. The first kappa shape index (κ1) is 16.2. The number of nitrogens with zero attached hydrogens (tertiary/aromatic N) is 2. The fourth-order valence-electron chi connectivity index (χ4n) is 4.24. The lowest BCUT2D eigenvalue weighted by Gasteiger charge is -2.35. The van der Waals surface area contributed by atoms with Gasteiger partial charge in [0.25, 0.3) is 0 Å². The summed E-state index contributed by atoms with van der Waals surface area (Å²) >= 11 is 0. The van der Waals surface area contributed by atoms with E-state index in [2.05, 4.69) is 59.0 Å². The predicted molar refractivity (Wildman–Crippen MR) is 101 cm³/mol. The number of benzene rings is 2. The van der Waals surface area contributed by atoms with E-state index in [1.807, 2.05) is 0 Å². The summed E-state index contributed by atoms with van der Waals surface area (Å²) in [5, 5.41) is 11.7. The molecule has 0 unspecified atom stereocenters. The number of aliphatic carboxylic acids is 1. The highest BCUT2D eigenvalue weighted by Crippen LogP contribution is 2.29. The molecule has 2 aromatic carbocycles. The molecule has 1 aliphatic rings. The first-order valence-electron chi connectivity index (χ1n) is 9.05. The van der Waals surface area contributed by atoms with E-state index in [0.29, 0.717) is 0 Å². The Bertz CT molecular complexity index is 928. The van der Waals surface area contributed by atoms with Crippen LogP contribution in [-0.2, 0) is 18.4 Å². The Hall–Kier alpha value is -2.33. The predicted octanol–water partition coefficient (Wildman–Crippen LogP) is 4.16. The molecule has 0 amide bonds. The first-order valence-corrected chi connectivity index (χ1v) is 9.05. The van der Waals surface area contributed by atoms with E-state index in [4.69, 9.17) is 0 Å². The SMILES string of the molecule is Cn1c2ccccc2c2ccc(CN3CCCC[C@@H]3CC(=O)O)cc21. The molecule has 3 aromatic rings. The molecule has 130 valence electrons. The number of aryl methyl sites for hydroxylation is 1. The monoisotopic (exact) mass is 336 g/mol. The van der Waals surface area contributed by atoms with Crippen LogP contribution in [-0.4, -0.2) is 33.1 Å². The Morgan fingerprint density at radius 1 is 1.12 bits per heavy atom. The van der Waals surface area contributed by atoms with Crippen LogP contribution in [0.1, 0.15) is 31.2 Å². The van der Waals surface area contributed by atoms with Gasteiger partial charge in [0.05, 0.1) is 6.42 Å². The maximum absolute atomic E-state index is 11.2. The molecule has 1 aliphatic heterocycles. The number of fused-ring (bicyclic) bond motifs is 3. The highest BCUT2D eigenvalue weighted by Gasteiger charge is 2.24. The number of rotatable bonds is 4. The quantitative estimate of drug-likeness (QED) is 0.778. The Morgan fingerprint density at radius 2 is 1.92 bits per heavy atom. The zero-order valence-corrected chi connectivity index (χ0v) is 14.6. The van der Waals surface area contributed by atoms with Crippen LogP contribution in [0.2, 0.25) is 0 Å². The number of carbonyl (C=O) groups is 1. The molecule has 4 heteroatoms. The average Bonchev–Trinajstić information content (AvgIpc) is 2.89. The molecule has 1 fully saturated rings. The van der Waals surface area contributed by atoms with Gasteiger partial charge in [0, 0.05) is 41.4 Å². The summed E-state index contributed by atoms with van der Waals surface area (Å²) in [7, 11) is 2.11. The van der Waals surface area contributed by atoms with Crippen LogP contribution in [0.3, 0.4) is 0 Å². The second kappa shape index (κ2) is 6.52. The Labute approximate surface area is 147 Å². The third-order valence-electron chi connectivity index (χ3n) is 5.52. The van der Waals surface area contributed by atoms with Crippen molar-refractivity contribution in [3.8, 4) is 0 Å². The zero-order valence-electron chi connectivity index (χ0n) is 14.6. The average molecular weight is 336 g/mol. The molecule has 1 atom stereocenters. The van der Waals surface area contributed by atoms with Crippen molar-refractivity contribution in [3.05, 3.63) is 48.0 Å². The maximum atomic E-state index is 11.2. The van der Waals surface area contributed by atoms with Crippen molar-refractivity contribution in [2.75, 3.05) is 6.54 Å². The fraction of sp³-hybridized carbons (Fsp3) is 0.381. The lowest BCUT2D eigenvalue weighted by molar-refractivity contribution is -0.138. The van der Waals surface area contributed by atoms with Crippen LogP contribution >= 0.6 is 0 Å². The Balaban J connectivity index is 1.66. The van der Waals surface area contributed by atoms with E-state index in [0.717, 1.165) is 32.4 Å². The minimum absolute atomic E-state index is 0.162. The van der Waals surface area contributed by atoms with Crippen molar-refractivity contribution in [2.45, 2.75) is 38.3 Å². The number of likely N-dealkylation sites (tertiary alicyclic amines) is 1. The molecule has 4 rings (SSSR count). The molecule has 4 nitrogen and oxygen atoms in total. The van der Waals surface area contributed by atoms with Crippen molar-refractivity contribution in [1.29, 1.82) is 0 Å². The molecule has 0 aliphatic carbocycles. The summed E-state index contributed by atoms with van der Waals surface area (Å²) in [6.45, 7) is 1.82. The van der Waals surface area contributed by atoms with Crippen LogP contribution in [0.25, 0.3) is 21.8 Å². The Morgan fingerprint density at radius 3 is 2.76 bits per heavy atom. The van der Waals surface area contributed by atoms with Gasteiger partial charge in [0.15, 0.2) is 0 Å². The number of carboxylic acid groups (broad SMARTS) is 1. The standard InChI is InChI=1S/C21H24N2O2/c1-22-19-8-3-2-7-17(19)18-10-9-15(12-20(18)22)14-23-11-5-4-6-16(23)13-21(24)25/h2-3,7-10,12,16H,4-6,11,13-14H2,1H3,(H,24,25)/t16-/m1/s1. The summed E-state index contributed by atoms with van der Waals surface area (Å²) in [6, 6.07) is 15.3. The molecule has 25 heavy (non-hydrogen) atoms. The van der Waals surface area contributed by atoms with Gasteiger partial charge in [-0.05, 0) is 37.1 Å². The third kappa shape index (κ3) is 3.02. The summed E-state index contributed by atoms with van der Waals surface area (Å²) < 4.78 is 2.25. The molecule has 1 aromatic heterocycles. The van der Waals surface area contributed by atoms with Crippen molar-refractivity contribution < 1.29 is 9.90 Å². The largest absolute Gasteiger partial charge is 0.481 e. The summed E-state index contributed by atoms with van der Waals surface area (Å²) in [5.41, 5.74) is 3.75. The molecule has 0 spiro atoms. The highest BCUT2D eigenvalue weighted by atomic mass is 16.4. The van der Waals surface area contributed by atoms with Crippen LogP contribution in [0.5, 0.6) is 0 Å². The van der Waals surface area contributed by atoms with Crippen molar-refractivity contribution >= 4 is 27.8 Å². The van der Waals surface area contributed by atoms with Gasteiger partial charge in [0.2, 0.25) is 0 Å². The number of hydrogen-bond acceptors (Lipinski definition) is 2. The van der Waals surface area contributed by atoms with E-state index < -0.39 is 5.97 Å². The van der Waals surface area contributed by atoms with E-state index in [9.17, 15) is 9.90 Å². The minimum atomic E-state index is -0.693. The third-order valence-corrected chi connectivity index (χ3v) is 5.52. The number of para-hydroxylation sites is 1. The van der Waals surface area contributed by atoms with Gasteiger partial charge < -0.3 is 9.67 Å². The smallest absolute Gasteiger partial charge is 0.304 e. The van der Waals surface area contributed by atoms with Gasteiger partial charge in [-0.15, -0.1) is 0 Å². The molecule has 1 N–H and O–H groups in total. The summed E-state index contributed by atoms with van der Waals surface area (Å²) in [4.78, 5) is 13.5. The molecule has 1 saturated heterocycles. The number of hydrogen-bond donors (Lipinski definition) is 1. The van der Waals surface area contributed by atoms with Crippen molar-refractivity contribution in [3.63, 3.8) is 0 Å². The van der Waals surface area contributed by atoms with Gasteiger partial charge in [0.1, 0.15) is 0 Å². The fourth-order valence-corrected chi connectivity index (χ4v) is 4.24. The van der Waals surface area contributed by atoms with Crippen LogP contribution in [0.4, 0.5) is 0 Å². The van der Waals surface area contributed by atoms with E-state index >= 15 is 0 Å². The molecular formula is C21H24N2O2. The number of carboxylic acids is 1. The Kier molecular flexibility index (Phi) is 4.22. The number of aromatic nitrogens is 1. The molecule has 2 heterocycles. The van der Waals surface area contributed by atoms with Crippen molar-refractivity contribution in [1.82, 2.24) is 9.47 Å². The first-order chi connectivity index (χ1) is 12.1. The lowest BCUT2D eigenvalue weighted by Crippen LogP contribution is -2.40. The summed E-state index contributed by atoms with van der Waals surface area (Å²) in [5.74, 6) is -0.693. The van der Waals surface area contributed by atoms with Crippen LogP contribution in [0.15, 0.2) is 42.5 Å². The van der Waals surface area contributed by atoms with Crippen LogP contribution in [0, 0.1) is 0 Å². The van der Waals surface area contributed by atoms with E-state index in [1.54, 1.807) is 0 Å². The highest BCUT2D eigenvalue weighted by molar-refractivity contribution is 6.08. The number of piperidine rings is 1. The van der Waals surface area contributed by atoms with E-state index in [-0.39, 0.29) is 12.5 Å². The van der Waals surface area contributed by atoms with Crippen LogP contribution < -0.4 is 0 Å². The zero-order chi connectivity index (χ0) is 17.4. The second-order valence-electron chi connectivity index (χ2n) is 7.15. The van der Waals surface area contributed by atoms with E-state index in [1.165, 1.54) is 27.4 Å². The second-order valence-corrected chi connectivity index (χ2v) is 7.15. The van der Waals surface area contributed by atoms with Gasteiger partial charge in [-0.2, -0.15) is 0 Å². The van der Waals surface area contributed by atoms with Gasteiger partial charge >= 0.3 is 5.97 Å². The minimum Gasteiger partial charge on any atom is -0.481 e. The van der Waals surface area contributed by atoms with Crippen molar-refractivity contribution in [2.24, 2.45) is 7.05 Å². The lowest BCUT2D eigenvalue weighted by atomic mass is 9.98. The van der Waals surface area contributed by atoms with Gasteiger partial charge in [-0.3, -0.25) is 9.69 Å². The molecular weight excluding hydrogens is 312 g/mol. The molecule has 0 radical (unpaired) electrons. The van der Waals surface area contributed by atoms with Gasteiger partial charge in [-0.25, -0.2) is 0 Å². The topological polar surface area (TPSA) is 45.5 Å².